The van der Waals surface area contributed by atoms with E-state index in [-0.39, 0.29) is 10.8 Å². The second kappa shape index (κ2) is 8.30. The monoisotopic (exact) mass is 502 g/mol. The smallest absolute Gasteiger partial charge is 0.228 e. The summed E-state index contributed by atoms with van der Waals surface area (Å²) in [7, 11) is 2.18. The van der Waals surface area contributed by atoms with E-state index >= 15 is 0 Å². The molecule has 0 amide bonds. The van der Waals surface area contributed by atoms with E-state index in [2.05, 4.69) is 122 Å². The van der Waals surface area contributed by atoms with Gasteiger partial charge in [-0.05, 0) is 81.8 Å². The quantitative estimate of drug-likeness (QED) is 0.170. The van der Waals surface area contributed by atoms with Gasteiger partial charge < -0.3 is 4.74 Å². The van der Waals surface area contributed by atoms with Gasteiger partial charge in [-0.2, -0.15) is 0 Å². The third-order valence-corrected chi connectivity index (χ3v) is 8.06. The van der Waals surface area contributed by atoms with Crippen LogP contribution in [0.2, 0.25) is 0 Å². The van der Waals surface area contributed by atoms with Crippen LogP contribution >= 0.6 is 0 Å². The van der Waals surface area contributed by atoms with E-state index in [9.17, 15) is 0 Å². The third-order valence-electron chi connectivity index (χ3n) is 8.06. The molecule has 2 nitrogen and oxygen atoms in total. The van der Waals surface area contributed by atoms with Crippen molar-refractivity contribution >= 4 is 32.3 Å². The van der Waals surface area contributed by atoms with Crippen molar-refractivity contribution in [2.24, 2.45) is 17.9 Å². The maximum absolute atomic E-state index is 7.02. The first-order valence-corrected chi connectivity index (χ1v) is 13.9. The summed E-state index contributed by atoms with van der Waals surface area (Å²) in [6.45, 7) is 18.4. The Morgan fingerprint density at radius 3 is 2.13 bits per heavy atom. The number of nitrogens with zero attached hydrogens (tertiary/aromatic N) is 1. The molecular weight excluding hydrogens is 462 g/mol. The minimum atomic E-state index is 0.133. The number of rotatable bonds is 2. The summed E-state index contributed by atoms with van der Waals surface area (Å²) in [5.74, 6) is 2.01. The Hall–Kier alpha value is -3.39. The van der Waals surface area contributed by atoms with Gasteiger partial charge in [-0.1, -0.05) is 77.9 Å². The molecule has 0 saturated carbocycles. The minimum absolute atomic E-state index is 0.133. The number of fused-ring (bicyclic) bond motifs is 5. The fourth-order valence-corrected chi connectivity index (χ4v) is 6.47. The Morgan fingerprint density at radius 2 is 1.45 bits per heavy atom. The van der Waals surface area contributed by atoms with Crippen LogP contribution in [0.4, 0.5) is 0 Å². The fraction of sp³-hybridized carbons (Fsp3) is 0.361. The zero-order valence-corrected chi connectivity index (χ0v) is 24.5. The molecule has 2 heteroatoms. The summed E-state index contributed by atoms with van der Waals surface area (Å²) in [6.07, 6.45) is 4.25. The third kappa shape index (κ3) is 3.97. The number of benzene rings is 4. The molecule has 1 aliphatic heterocycles. The van der Waals surface area contributed by atoms with Crippen LogP contribution in [0.1, 0.15) is 63.8 Å². The zero-order valence-electron chi connectivity index (χ0n) is 24.5. The molecule has 0 atom stereocenters. The number of pyridine rings is 1. The van der Waals surface area contributed by atoms with Crippen LogP contribution in [-0.2, 0) is 19.9 Å². The molecule has 0 radical (unpaired) electrons. The minimum Gasteiger partial charge on any atom is -0.455 e. The number of hydrogen-bond donors (Lipinski definition) is 0. The predicted octanol–water partition coefficient (Wildman–Crippen LogP) is 9.54. The molecule has 0 aliphatic carbocycles. The van der Waals surface area contributed by atoms with Crippen molar-refractivity contribution in [2.75, 3.05) is 0 Å². The van der Waals surface area contributed by atoms with Gasteiger partial charge in [0.15, 0.2) is 6.20 Å². The molecule has 2 heterocycles. The highest BCUT2D eigenvalue weighted by Gasteiger charge is 2.34. The molecule has 1 aromatic heterocycles. The van der Waals surface area contributed by atoms with E-state index in [0.29, 0.717) is 0 Å². The van der Waals surface area contributed by atoms with Crippen LogP contribution in [0.5, 0.6) is 11.5 Å². The van der Waals surface area contributed by atoms with Gasteiger partial charge in [0.1, 0.15) is 18.5 Å². The van der Waals surface area contributed by atoms with E-state index in [4.69, 9.17) is 4.74 Å². The number of aryl methyl sites for hydroxylation is 3. The van der Waals surface area contributed by atoms with E-state index in [1.165, 1.54) is 65.8 Å². The highest BCUT2D eigenvalue weighted by Crippen LogP contribution is 2.52. The molecule has 6 rings (SSSR count). The lowest BCUT2D eigenvalue weighted by Crippen LogP contribution is -2.32. The van der Waals surface area contributed by atoms with E-state index in [1.807, 2.05) is 0 Å². The molecule has 0 spiro atoms. The summed E-state index contributed by atoms with van der Waals surface area (Å²) < 4.78 is 9.31. The molecule has 5 aromatic rings. The van der Waals surface area contributed by atoms with Gasteiger partial charge in [0, 0.05) is 17.0 Å². The average molecular weight is 503 g/mol. The Kier molecular flexibility index (Phi) is 5.44. The summed E-state index contributed by atoms with van der Waals surface area (Å²) in [4.78, 5) is 0. The maximum Gasteiger partial charge on any atom is 0.228 e. The van der Waals surface area contributed by atoms with Crippen molar-refractivity contribution in [1.29, 1.82) is 0 Å². The highest BCUT2D eigenvalue weighted by atomic mass is 16.5. The Labute approximate surface area is 227 Å². The lowest BCUT2D eigenvalue weighted by molar-refractivity contribution is -0.659. The average Bonchev–Trinajstić information content (AvgIpc) is 2.82. The second-order valence-electron chi connectivity index (χ2n) is 13.9. The van der Waals surface area contributed by atoms with Crippen LogP contribution < -0.4 is 9.30 Å². The van der Waals surface area contributed by atoms with Gasteiger partial charge in [-0.15, -0.1) is 0 Å². The predicted molar refractivity (Wildman–Crippen MR) is 161 cm³/mol. The first-order valence-electron chi connectivity index (χ1n) is 13.9. The summed E-state index contributed by atoms with van der Waals surface area (Å²) in [5, 5.41) is 7.69. The van der Waals surface area contributed by atoms with Crippen molar-refractivity contribution in [3.63, 3.8) is 0 Å². The molecule has 194 valence electrons. The Balaban J connectivity index is 1.74. The normalized spacial score (nSPS) is 13.3. The fourth-order valence-electron chi connectivity index (χ4n) is 6.47. The topological polar surface area (TPSA) is 13.1 Å². The van der Waals surface area contributed by atoms with Gasteiger partial charge in [0.25, 0.3) is 0 Å². The Bertz CT molecular complexity index is 1780. The number of hydrogen-bond acceptors (Lipinski definition) is 1. The van der Waals surface area contributed by atoms with Crippen molar-refractivity contribution in [2.45, 2.75) is 68.2 Å². The van der Waals surface area contributed by atoms with Crippen molar-refractivity contribution in [1.82, 2.24) is 0 Å². The molecule has 0 saturated heterocycles. The van der Waals surface area contributed by atoms with Crippen LogP contribution in [-0.4, -0.2) is 0 Å². The van der Waals surface area contributed by atoms with Crippen molar-refractivity contribution in [3.05, 3.63) is 77.0 Å². The van der Waals surface area contributed by atoms with Crippen LogP contribution in [0.25, 0.3) is 43.6 Å². The molecule has 1 aliphatic rings. The highest BCUT2D eigenvalue weighted by molar-refractivity contribution is 6.16. The summed E-state index contributed by atoms with van der Waals surface area (Å²) in [6, 6.07) is 18.2. The maximum atomic E-state index is 7.02. The van der Waals surface area contributed by atoms with Crippen molar-refractivity contribution < 1.29 is 9.30 Å². The van der Waals surface area contributed by atoms with Crippen molar-refractivity contribution in [3.8, 4) is 22.8 Å². The van der Waals surface area contributed by atoms with Crippen LogP contribution in [0, 0.1) is 24.7 Å². The first kappa shape index (κ1) is 24.9. The SMILES string of the molecule is Cc1cc2cc3c4c([n+](C)ccc4c2cc1CC(C)(C)C)-c1c(c(CC(C)(C)C)c2ccccc2c1C)O3. The molecule has 4 aromatic carbocycles. The molecule has 0 N–H and O–H groups in total. The molecule has 0 bridgehead atoms. The van der Waals surface area contributed by atoms with Gasteiger partial charge in [-0.25, -0.2) is 4.57 Å². The van der Waals surface area contributed by atoms with Gasteiger partial charge in [0.05, 0.1) is 10.9 Å². The lowest BCUT2D eigenvalue weighted by Gasteiger charge is -2.28. The molecular formula is C36H40NO+. The Morgan fingerprint density at radius 1 is 0.763 bits per heavy atom. The van der Waals surface area contributed by atoms with Crippen LogP contribution in [0.15, 0.2) is 54.7 Å². The van der Waals surface area contributed by atoms with Gasteiger partial charge >= 0.3 is 0 Å². The van der Waals surface area contributed by atoms with E-state index < -0.39 is 0 Å². The van der Waals surface area contributed by atoms with E-state index in [0.717, 1.165) is 24.3 Å². The van der Waals surface area contributed by atoms with E-state index in [1.54, 1.807) is 0 Å². The largest absolute Gasteiger partial charge is 0.455 e. The molecule has 38 heavy (non-hydrogen) atoms. The molecule has 0 fully saturated rings. The molecule has 0 unspecified atom stereocenters. The van der Waals surface area contributed by atoms with Gasteiger partial charge in [0.2, 0.25) is 5.69 Å². The summed E-state index contributed by atoms with van der Waals surface area (Å²) >= 11 is 0. The second-order valence-corrected chi connectivity index (χ2v) is 13.9. The first-order chi connectivity index (χ1) is 17.8. The lowest BCUT2D eigenvalue weighted by atomic mass is 9.81. The zero-order chi connectivity index (χ0) is 27.1. The number of ether oxygens (including phenoxy) is 1. The van der Waals surface area contributed by atoms with Gasteiger partial charge in [-0.3, -0.25) is 0 Å². The summed E-state index contributed by atoms with van der Waals surface area (Å²) in [5.41, 5.74) is 8.26. The van der Waals surface area contributed by atoms with Crippen LogP contribution in [0.3, 0.4) is 0 Å². The number of aromatic nitrogens is 1. The standard InChI is InChI=1S/C36H40NO/c1-21-16-23-18-30-32-27(28(23)17-24(21)19-35(3,4)5)14-15-37(9)33(32)31-22(2)25-12-10-11-13-26(25)29(34(31)38-30)20-36(6,7)8/h10-18H,19-20H2,1-9H3/q+1.